The number of Topliss-reactive ketones (excluding diaryl/α,β-unsaturated/α-hetero) is 1. The zero-order valence-electron chi connectivity index (χ0n) is 13.8. The molecule has 4 rings (SSSR count). The van der Waals surface area contributed by atoms with Gasteiger partial charge in [0, 0.05) is 22.6 Å². The minimum atomic E-state index is -0.699. The summed E-state index contributed by atoms with van der Waals surface area (Å²) in [5.41, 5.74) is 0. The summed E-state index contributed by atoms with van der Waals surface area (Å²) in [5.74, 6) is -0.416. The second-order valence-electron chi connectivity index (χ2n) is 6.20. The fourth-order valence-electron chi connectivity index (χ4n) is 3.38. The van der Waals surface area contributed by atoms with Crippen molar-refractivity contribution in [2.75, 3.05) is 13.2 Å². The lowest BCUT2D eigenvalue weighted by Gasteiger charge is -2.43. The van der Waals surface area contributed by atoms with E-state index in [1.165, 1.54) is 0 Å². The van der Waals surface area contributed by atoms with Crippen LogP contribution in [0.4, 0.5) is 0 Å². The van der Waals surface area contributed by atoms with Gasteiger partial charge in [-0.1, -0.05) is 36.4 Å². The number of ketones is 1. The number of ether oxygens (including phenoxy) is 2. The number of hydrogen-bond donors (Lipinski definition) is 0. The monoisotopic (exact) mass is 372 g/mol. The van der Waals surface area contributed by atoms with Crippen molar-refractivity contribution < 1.29 is 14.3 Å². The predicted molar refractivity (Wildman–Crippen MR) is 101 cm³/mol. The van der Waals surface area contributed by atoms with Crippen LogP contribution >= 0.6 is 23.5 Å². The quantitative estimate of drug-likeness (QED) is 0.794. The summed E-state index contributed by atoms with van der Waals surface area (Å²) in [6.07, 6.45) is 0.983. The third-order valence-corrected chi connectivity index (χ3v) is 7.15. The molecule has 0 bridgehead atoms. The molecule has 2 atom stereocenters. The van der Waals surface area contributed by atoms with Crippen LogP contribution in [0.1, 0.15) is 12.8 Å². The fourth-order valence-corrected chi connectivity index (χ4v) is 6.22. The summed E-state index contributed by atoms with van der Waals surface area (Å²) >= 11 is 3.39. The molecule has 1 saturated carbocycles. The Kier molecular flexibility index (Phi) is 5.17. The van der Waals surface area contributed by atoms with E-state index in [4.69, 9.17) is 9.47 Å². The first-order valence-electron chi connectivity index (χ1n) is 8.49. The predicted octanol–water partition coefficient (Wildman–Crippen LogP) is 4.41. The molecule has 2 aliphatic rings. The highest BCUT2D eigenvalue weighted by molar-refractivity contribution is 8.01. The van der Waals surface area contributed by atoms with Crippen molar-refractivity contribution in [3.8, 4) is 0 Å². The maximum absolute atomic E-state index is 12.5. The highest BCUT2D eigenvalue weighted by atomic mass is 32.2. The largest absolute Gasteiger partial charge is 0.345 e. The summed E-state index contributed by atoms with van der Waals surface area (Å²) in [6, 6.07) is 20.4. The van der Waals surface area contributed by atoms with Crippen molar-refractivity contribution in [2.24, 2.45) is 0 Å². The minimum Gasteiger partial charge on any atom is -0.345 e. The number of benzene rings is 2. The Morgan fingerprint density at radius 3 is 1.64 bits per heavy atom. The smallest absolute Gasteiger partial charge is 0.193 e. The molecule has 1 aliphatic heterocycles. The van der Waals surface area contributed by atoms with Gasteiger partial charge >= 0.3 is 0 Å². The van der Waals surface area contributed by atoms with Crippen LogP contribution in [-0.2, 0) is 14.3 Å². The van der Waals surface area contributed by atoms with Gasteiger partial charge in [-0.05, 0) is 24.3 Å². The summed E-state index contributed by atoms with van der Waals surface area (Å²) in [5, 5.41) is -0.0558. The molecular weight excluding hydrogens is 352 g/mol. The van der Waals surface area contributed by atoms with Gasteiger partial charge in [0.25, 0.3) is 0 Å². The summed E-state index contributed by atoms with van der Waals surface area (Å²) in [6.45, 7) is 1.18. The molecule has 2 fully saturated rings. The van der Waals surface area contributed by atoms with E-state index in [0.717, 1.165) is 9.79 Å². The highest BCUT2D eigenvalue weighted by Gasteiger charge is 2.55. The number of rotatable bonds is 4. The molecule has 2 aromatic rings. The molecular formula is C20H20O3S2. The van der Waals surface area contributed by atoms with Gasteiger partial charge in [0.05, 0.1) is 23.7 Å². The molecule has 1 heterocycles. The molecule has 25 heavy (non-hydrogen) atoms. The van der Waals surface area contributed by atoms with Crippen LogP contribution in [0.3, 0.4) is 0 Å². The Hall–Kier alpha value is -1.27. The molecule has 0 N–H and O–H groups in total. The average Bonchev–Trinajstić information content (AvgIpc) is 3.12. The van der Waals surface area contributed by atoms with Crippen LogP contribution in [0.15, 0.2) is 70.5 Å². The van der Waals surface area contributed by atoms with Crippen LogP contribution in [0.25, 0.3) is 0 Å². The van der Waals surface area contributed by atoms with Crippen LogP contribution < -0.4 is 0 Å². The SMILES string of the molecule is O=C1CC(Sc2ccccc2)C2(OCCO2)C(Sc2ccccc2)C1. The molecule has 5 heteroatoms. The Morgan fingerprint density at radius 2 is 1.20 bits per heavy atom. The summed E-state index contributed by atoms with van der Waals surface area (Å²) < 4.78 is 12.4. The Bertz CT molecular complexity index is 659. The maximum atomic E-state index is 12.5. The van der Waals surface area contributed by atoms with Crippen molar-refractivity contribution in [3.05, 3.63) is 60.7 Å². The highest BCUT2D eigenvalue weighted by Crippen LogP contribution is 2.49. The van der Waals surface area contributed by atoms with E-state index >= 15 is 0 Å². The Morgan fingerprint density at radius 1 is 0.760 bits per heavy atom. The molecule has 0 aromatic heterocycles. The first-order chi connectivity index (χ1) is 12.3. The van der Waals surface area contributed by atoms with E-state index in [-0.39, 0.29) is 16.3 Å². The molecule has 0 amide bonds. The number of hydrogen-bond acceptors (Lipinski definition) is 5. The molecule has 3 nitrogen and oxygen atoms in total. The van der Waals surface area contributed by atoms with Crippen molar-refractivity contribution in [1.82, 2.24) is 0 Å². The standard InChI is InChI=1S/C20H20O3S2/c21-15-13-18(24-16-7-3-1-4-8-16)20(22-11-12-23-20)19(14-15)25-17-9-5-2-6-10-17/h1-10,18-19H,11-14H2. The first kappa shape index (κ1) is 17.2. The van der Waals surface area contributed by atoms with Crippen molar-refractivity contribution in [1.29, 1.82) is 0 Å². The minimum absolute atomic E-state index is 0.0279. The third-order valence-electron chi connectivity index (χ3n) is 4.51. The second-order valence-corrected chi connectivity index (χ2v) is 8.76. The van der Waals surface area contributed by atoms with E-state index < -0.39 is 5.79 Å². The van der Waals surface area contributed by atoms with Crippen LogP contribution in [0, 0.1) is 0 Å². The lowest BCUT2D eigenvalue weighted by Crippen LogP contribution is -2.55. The van der Waals surface area contributed by atoms with Gasteiger partial charge in [-0.25, -0.2) is 0 Å². The van der Waals surface area contributed by atoms with Gasteiger partial charge in [-0.3, -0.25) is 4.79 Å². The van der Waals surface area contributed by atoms with Gasteiger partial charge in [0.1, 0.15) is 5.78 Å². The lowest BCUT2D eigenvalue weighted by atomic mass is 9.92. The van der Waals surface area contributed by atoms with Gasteiger partial charge in [-0.2, -0.15) is 0 Å². The van der Waals surface area contributed by atoms with Crippen molar-refractivity contribution in [3.63, 3.8) is 0 Å². The molecule has 1 aliphatic carbocycles. The van der Waals surface area contributed by atoms with E-state index in [2.05, 4.69) is 24.3 Å². The molecule has 1 spiro atoms. The maximum Gasteiger partial charge on any atom is 0.193 e. The zero-order chi connectivity index (χ0) is 17.1. The lowest BCUT2D eigenvalue weighted by molar-refractivity contribution is -0.171. The molecule has 1 saturated heterocycles. The summed E-state index contributed by atoms with van der Waals surface area (Å²) in [7, 11) is 0. The van der Waals surface area contributed by atoms with Gasteiger partial charge in [-0.15, -0.1) is 23.5 Å². The molecule has 2 unspecified atom stereocenters. The number of carbonyl (C=O) groups is 1. The van der Waals surface area contributed by atoms with Gasteiger partial charge < -0.3 is 9.47 Å². The number of carbonyl (C=O) groups excluding carboxylic acids is 1. The van der Waals surface area contributed by atoms with Crippen LogP contribution in [-0.4, -0.2) is 35.3 Å². The van der Waals surface area contributed by atoms with Crippen molar-refractivity contribution >= 4 is 29.3 Å². The van der Waals surface area contributed by atoms with Crippen LogP contribution in [0.2, 0.25) is 0 Å². The zero-order valence-corrected chi connectivity index (χ0v) is 15.4. The van der Waals surface area contributed by atoms with E-state index in [9.17, 15) is 4.79 Å². The van der Waals surface area contributed by atoms with Crippen LogP contribution in [0.5, 0.6) is 0 Å². The Balaban J connectivity index is 1.62. The molecule has 0 radical (unpaired) electrons. The molecule has 2 aromatic carbocycles. The Labute approximate surface area is 156 Å². The second kappa shape index (κ2) is 7.54. The van der Waals surface area contributed by atoms with E-state index in [0.29, 0.717) is 26.1 Å². The first-order valence-corrected chi connectivity index (χ1v) is 10.3. The summed E-state index contributed by atoms with van der Waals surface area (Å²) in [4.78, 5) is 14.8. The average molecular weight is 373 g/mol. The van der Waals surface area contributed by atoms with E-state index in [1.807, 2.05) is 36.4 Å². The number of thioether (sulfide) groups is 2. The normalized spacial score (nSPS) is 25.4. The van der Waals surface area contributed by atoms with Crippen molar-refractivity contribution in [2.45, 2.75) is 38.9 Å². The fraction of sp³-hybridized carbons (Fsp3) is 0.350. The van der Waals surface area contributed by atoms with E-state index in [1.54, 1.807) is 23.5 Å². The third kappa shape index (κ3) is 3.65. The van der Waals surface area contributed by atoms with Gasteiger partial charge in [0.2, 0.25) is 0 Å². The topological polar surface area (TPSA) is 35.5 Å². The van der Waals surface area contributed by atoms with Gasteiger partial charge in [0.15, 0.2) is 5.79 Å². The molecule has 130 valence electrons.